The molecule has 0 saturated carbocycles. The Labute approximate surface area is 109 Å². The Morgan fingerprint density at radius 3 is 2.83 bits per heavy atom. The van der Waals surface area contributed by atoms with E-state index in [4.69, 9.17) is 22.1 Å². The van der Waals surface area contributed by atoms with Gasteiger partial charge in [0.1, 0.15) is 12.4 Å². The zero-order chi connectivity index (χ0) is 13.1. The monoisotopic (exact) mass is 266 g/mol. The summed E-state index contributed by atoms with van der Waals surface area (Å²) < 4.78 is 19.0. The molecule has 0 amide bonds. The first kappa shape index (κ1) is 12.6. The predicted octanol–water partition coefficient (Wildman–Crippen LogP) is 3.34. The molecular formula is C13H12ClFN2O. The number of nitrogen functional groups attached to an aromatic ring is 1. The molecule has 2 N–H and O–H groups in total. The minimum atomic E-state index is -0.474. The van der Waals surface area contributed by atoms with Crippen molar-refractivity contribution in [3.05, 3.63) is 52.4 Å². The molecule has 0 bridgehead atoms. The second-order valence-corrected chi connectivity index (χ2v) is 4.24. The summed E-state index contributed by atoms with van der Waals surface area (Å²) in [5.41, 5.74) is 6.87. The quantitative estimate of drug-likeness (QED) is 0.927. The highest BCUT2D eigenvalue weighted by Gasteiger charge is 2.08. The van der Waals surface area contributed by atoms with Crippen molar-refractivity contribution in [2.24, 2.45) is 0 Å². The number of pyridine rings is 1. The average Bonchev–Trinajstić information content (AvgIpc) is 2.33. The van der Waals surface area contributed by atoms with Gasteiger partial charge in [-0.3, -0.25) is 0 Å². The number of ether oxygens (including phenoxy) is 1. The van der Waals surface area contributed by atoms with Gasteiger partial charge in [-0.1, -0.05) is 23.7 Å². The highest BCUT2D eigenvalue weighted by Crippen LogP contribution is 2.22. The van der Waals surface area contributed by atoms with Gasteiger partial charge in [0.25, 0.3) is 0 Å². The minimum absolute atomic E-state index is 0.0569. The van der Waals surface area contributed by atoms with Gasteiger partial charge in [0.2, 0.25) is 0 Å². The molecule has 0 unspecified atom stereocenters. The number of nitrogens with zero attached hydrogens (tertiary/aromatic N) is 1. The molecule has 0 spiro atoms. The van der Waals surface area contributed by atoms with E-state index in [2.05, 4.69) is 4.98 Å². The molecule has 0 aliphatic carbocycles. The highest BCUT2D eigenvalue weighted by atomic mass is 35.5. The fourth-order valence-electron chi connectivity index (χ4n) is 1.50. The Bertz CT molecular complexity index is 575. The summed E-state index contributed by atoms with van der Waals surface area (Å²) in [6.07, 6.45) is 0. The van der Waals surface area contributed by atoms with Crippen LogP contribution in [0.2, 0.25) is 5.02 Å². The van der Waals surface area contributed by atoms with Crippen LogP contribution in [-0.2, 0) is 6.61 Å². The third-order valence-electron chi connectivity index (χ3n) is 2.44. The van der Waals surface area contributed by atoms with E-state index in [9.17, 15) is 4.39 Å². The van der Waals surface area contributed by atoms with E-state index < -0.39 is 5.82 Å². The predicted molar refractivity (Wildman–Crippen MR) is 69.1 cm³/mol. The zero-order valence-electron chi connectivity index (χ0n) is 9.78. The summed E-state index contributed by atoms with van der Waals surface area (Å²) in [6.45, 7) is 1.89. The summed E-state index contributed by atoms with van der Waals surface area (Å²) in [6, 6.07) is 8.25. The lowest BCUT2D eigenvalue weighted by Crippen LogP contribution is -2.02. The second kappa shape index (κ2) is 5.23. The van der Waals surface area contributed by atoms with Gasteiger partial charge in [-0.05, 0) is 25.1 Å². The van der Waals surface area contributed by atoms with Crippen molar-refractivity contribution in [2.75, 3.05) is 5.73 Å². The van der Waals surface area contributed by atoms with E-state index in [-0.39, 0.29) is 17.4 Å². The number of hydrogen-bond acceptors (Lipinski definition) is 3. The summed E-state index contributed by atoms with van der Waals surface area (Å²) in [5, 5.41) is 0.0751. The number of aryl methyl sites for hydroxylation is 1. The number of nitrogens with two attached hydrogens (primary N) is 1. The van der Waals surface area contributed by atoms with Crippen molar-refractivity contribution >= 4 is 17.4 Å². The molecule has 0 fully saturated rings. The van der Waals surface area contributed by atoms with Crippen LogP contribution in [0.4, 0.5) is 10.2 Å². The second-order valence-electron chi connectivity index (χ2n) is 3.84. The lowest BCUT2D eigenvalue weighted by molar-refractivity contribution is 0.300. The Hall–Kier alpha value is -1.81. The molecular weight excluding hydrogens is 255 g/mol. The molecule has 0 aliphatic heterocycles. The van der Waals surface area contributed by atoms with Crippen LogP contribution in [0.25, 0.3) is 0 Å². The third-order valence-corrected chi connectivity index (χ3v) is 2.73. The summed E-state index contributed by atoms with van der Waals surface area (Å²) >= 11 is 5.68. The van der Waals surface area contributed by atoms with Crippen LogP contribution in [0, 0.1) is 12.7 Å². The number of halogens is 2. The van der Waals surface area contributed by atoms with Crippen molar-refractivity contribution in [1.29, 1.82) is 0 Å². The van der Waals surface area contributed by atoms with Gasteiger partial charge in [-0.15, -0.1) is 0 Å². The topological polar surface area (TPSA) is 48.1 Å². The van der Waals surface area contributed by atoms with Crippen LogP contribution in [0.3, 0.4) is 0 Å². The summed E-state index contributed by atoms with van der Waals surface area (Å²) in [5.74, 6) is 0.246. The van der Waals surface area contributed by atoms with Gasteiger partial charge in [0.05, 0.1) is 5.02 Å². The molecule has 0 aliphatic rings. The van der Waals surface area contributed by atoms with Crippen molar-refractivity contribution in [3.63, 3.8) is 0 Å². The standard InChI is InChI=1S/C13H12ClFN2O/c1-8-5-6-11(13(16)17-8)18-7-9-3-2-4-10(14)12(9)15/h2-6H,7H2,1H3,(H2,16,17). The number of rotatable bonds is 3. The van der Waals surface area contributed by atoms with Crippen molar-refractivity contribution in [3.8, 4) is 5.75 Å². The molecule has 5 heteroatoms. The zero-order valence-corrected chi connectivity index (χ0v) is 10.5. The van der Waals surface area contributed by atoms with Gasteiger partial charge in [0.15, 0.2) is 11.6 Å². The molecule has 0 radical (unpaired) electrons. The Morgan fingerprint density at radius 2 is 2.11 bits per heavy atom. The largest absolute Gasteiger partial charge is 0.485 e. The first-order chi connectivity index (χ1) is 8.58. The van der Waals surface area contributed by atoms with Crippen LogP contribution < -0.4 is 10.5 Å². The highest BCUT2D eigenvalue weighted by molar-refractivity contribution is 6.30. The fourth-order valence-corrected chi connectivity index (χ4v) is 1.70. The maximum absolute atomic E-state index is 13.6. The SMILES string of the molecule is Cc1ccc(OCc2cccc(Cl)c2F)c(N)n1. The van der Waals surface area contributed by atoms with Gasteiger partial charge in [-0.25, -0.2) is 9.37 Å². The third kappa shape index (κ3) is 2.71. The van der Waals surface area contributed by atoms with E-state index in [1.54, 1.807) is 24.3 Å². The first-order valence-corrected chi connectivity index (χ1v) is 5.74. The van der Waals surface area contributed by atoms with E-state index >= 15 is 0 Å². The maximum Gasteiger partial charge on any atom is 0.166 e. The van der Waals surface area contributed by atoms with Crippen molar-refractivity contribution in [2.45, 2.75) is 13.5 Å². The summed E-state index contributed by atoms with van der Waals surface area (Å²) in [4.78, 5) is 4.06. The van der Waals surface area contributed by atoms with Gasteiger partial charge >= 0.3 is 0 Å². The molecule has 2 aromatic rings. The van der Waals surface area contributed by atoms with E-state index in [1.165, 1.54) is 6.07 Å². The molecule has 1 heterocycles. The van der Waals surface area contributed by atoms with Crippen LogP contribution in [0.15, 0.2) is 30.3 Å². The van der Waals surface area contributed by atoms with Crippen LogP contribution in [-0.4, -0.2) is 4.98 Å². The lowest BCUT2D eigenvalue weighted by Gasteiger charge is -2.09. The molecule has 1 aromatic carbocycles. The Morgan fingerprint density at radius 1 is 1.33 bits per heavy atom. The molecule has 94 valence electrons. The minimum Gasteiger partial charge on any atom is -0.485 e. The fraction of sp³-hybridized carbons (Fsp3) is 0.154. The maximum atomic E-state index is 13.6. The number of aromatic nitrogens is 1. The van der Waals surface area contributed by atoms with Crippen LogP contribution in [0.5, 0.6) is 5.75 Å². The van der Waals surface area contributed by atoms with Crippen molar-refractivity contribution < 1.29 is 9.13 Å². The average molecular weight is 267 g/mol. The molecule has 0 atom stereocenters. The Balaban J connectivity index is 2.14. The smallest absolute Gasteiger partial charge is 0.166 e. The molecule has 18 heavy (non-hydrogen) atoms. The Kier molecular flexibility index (Phi) is 3.67. The van der Waals surface area contributed by atoms with E-state index in [0.717, 1.165) is 5.69 Å². The van der Waals surface area contributed by atoms with Gasteiger partial charge < -0.3 is 10.5 Å². The normalized spacial score (nSPS) is 10.4. The molecule has 0 saturated heterocycles. The molecule has 2 rings (SSSR count). The van der Waals surface area contributed by atoms with Crippen molar-refractivity contribution in [1.82, 2.24) is 4.98 Å². The molecule has 1 aromatic heterocycles. The summed E-state index contributed by atoms with van der Waals surface area (Å²) in [7, 11) is 0. The van der Waals surface area contributed by atoms with Gasteiger partial charge in [-0.2, -0.15) is 0 Å². The number of benzene rings is 1. The van der Waals surface area contributed by atoms with Gasteiger partial charge in [0, 0.05) is 11.3 Å². The lowest BCUT2D eigenvalue weighted by atomic mass is 10.2. The van der Waals surface area contributed by atoms with E-state index in [1.807, 2.05) is 6.92 Å². The molecule has 3 nitrogen and oxygen atoms in total. The van der Waals surface area contributed by atoms with Crippen LogP contribution >= 0.6 is 11.6 Å². The number of hydrogen-bond donors (Lipinski definition) is 1. The van der Waals surface area contributed by atoms with E-state index in [0.29, 0.717) is 11.3 Å². The number of anilines is 1. The van der Waals surface area contributed by atoms with Crippen LogP contribution in [0.1, 0.15) is 11.3 Å². The first-order valence-electron chi connectivity index (χ1n) is 5.36.